The van der Waals surface area contributed by atoms with Gasteiger partial charge in [0, 0.05) is 11.7 Å². The van der Waals surface area contributed by atoms with Gasteiger partial charge in [-0.3, -0.25) is 0 Å². The molecular formula is C14H19N. The lowest BCUT2D eigenvalue weighted by Crippen LogP contribution is -2.27. The van der Waals surface area contributed by atoms with E-state index < -0.39 is 0 Å². The van der Waals surface area contributed by atoms with E-state index in [0.717, 1.165) is 12.0 Å². The molecule has 1 aromatic carbocycles. The van der Waals surface area contributed by atoms with E-state index in [0.29, 0.717) is 0 Å². The number of aryl methyl sites for hydroxylation is 2. The van der Waals surface area contributed by atoms with Crippen molar-refractivity contribution in [3.8, 4) is 0 Å². The van der Waals surface area contributed by atoms with Gasteiger partial charge in [0.25, 0.3) is 0 Å². The van der Waals surface area contributed by atoms with Crippen molar-refractivity contribution in [3.05, 3.63) is 28.8 Å². The number of rotatable bonds is 1. The summed E-state index contributed by atoms with van der Waals surface area (Å²) in [4.78, 5) is 0. The van der Waals surface area contributed by atoms with Gasteiger partial charge in [-0.1, -0.05) is 6.07 Å². The van der Waals surface area contributed by atoms with Crippen LogP contribution < -0.4 is 5.32 Å². The second-order valence-corrected chi connectivity index (χ2v) is 5.23. The monoisotopic (exact) mass is 201 g/mol. The molecule has 1 heteroatoms. The van der Waals surface area contributed by atoms with Gasteiger partial charge in [0.05, 0.1) is 0 Å². The third-order valence-electron chi connectivity index (χ3n) is 3.85. The molecule has 1 nitrogen and oxygen atoms in total. The van der Waals surface area contributed by atoms with Crippen molar-refractivity contribution in [2.24, 2.45) is 5.92 Å². The summed E-state index contributed by atoms with van der Waals surface area (Å²) in [5.41, 5.74) is 5.81. The molecule has 0 saturated heterocycles. The maximum Gasteiger partial charge on any atom is 0.0380 e. The fourth-order valence-electron chi connectivity index (χ4n) is 2.88. The molecule has 1 aliphatic carbocycles. The molecule has 1 N–H and O–H groups in total. The smallest absolute Gasteiger partial charge is 0.0380 e. The molecule has 1 saturated carbocycles. The van der Waals surface area contributed by atoms with Crippen molar-refractivity contribution >= 4 is 5.69 Å². The van der Waals surface area contributed by atoms with Gasteiger partial charge in [0.2, 0.25) is 0 Å². The minimum absolute atomic E-state index is 0.763. The van der Waals surface area contributed by atoms with Gasteiger partial charge < -0.3 is 5.32 Å². The lowest BCUT2D eigenvalue weighted by molar-refractivity contribution is 0.568. The summed E-state index contributed by atoms with van der Waals surface area (Å²) in [7, 11) is 0. The highest BCUT2D eigenvalue weighted by Gasteiger charge is 2.33. The van der Waals surface area contributed by atoms with E-state index >= 15 is 0 Å². The highest BCUT2D eigenvalue weighted by Crippen LogP contribution is 2.40. The Morgan fingerprint density at radius 3 is 2.67 bits per heavy atom. The van der Waals surface area contributed by atoms with Crippen molar-refractivity contribution in [3.63, 3.8) is 0 Å². The molecule has 0 bridgehead atoms. The third-order valence-corrected chi connectivity index (χ3v) is 3.85. The van der Waals surface area contributed by atoms with Crippen LogP contribution in [0.1, 0.15) is 36.0 Å². The van der Waals surface area contributed by atoms with E-state index in [1.165, 1.54) is 42.5 Å². The molecule has 1 fully saturated rings. The molecule has 1 heterocycles. The van der Waals surface area contributed by atoms with Crippen LogP contribution in [0.4, 0.5) is 5.69 Å². The Bertz CT molecular complexity index is 391. The van der Waals surface area contributed by atoms with Crippen molar-refractivity contribution in [1.82, 2.24) is 0 Å². The summed E-state index contributed by atoms with van der Waals surface area (Å²) in [5.74, 6) is 0.971. The normalized spacial score (nSPS) is 24.5. The summed E-state index contributed by atoms with van der Waals surface area (Å²) in [6.07, 6.45) is 5.49. The second-order valence-electron chi connectivity index (χ2n) is 5.23. The van der Waals surface area contributed by atoms with Gasteiger partial charge in [0.1, 0.15) is 0 Å². The minimum atomic E-state index is 0.763. The van der Waals surface area contributed by atoms with Crippen LogP contribution in [0, 0.1) is 19.8 Å². The highest BCUT2D eigenvalue weighted by molar-refractivity contribution is 5.59. The Balaban J connectivity index is 1.93. The number of fused-ring (bicyclic) bond motifs is 1. The summed E-state index contributed by atoms with van der Waals surface area (Å²) in [6.45, 7) is 4.43. The van der Waals surface area contributed by atoms with Crippen LogP contribution in [0.3, 0.4) is 0 Å². The van der Waals surface area contributed by atoms with E-state index in [4.69, 9.17) is 0 Å². The summed E-state index contributed by atoms with van der Waals surface area (Å²) >= 11 is 0. The standard InChI is InChI=1S/C14H19N/c1-9-7-10(2)12-5-6-13(11-3-4-11)15-14(12)8-9/h7-8,11,13,15H,3-6H2,1-2H3. The van der Waals surface area contributed by atoms with Gasteiger partial charge in [-0.15, -0.1) is 0 Å². The highest BCUT2D eigenvalue weighted by atomic mass is 14.9. The predicted octanol–water partition coefficient (Wildman–Crippen LogP) is 3.44. The van der Waals surface area contributed by atoms with Crippen molar-refractivity contribution < 1.29 is 0 Å². The number of benzene rings is 1. The maximum absolute atomic E-state index is 3.74. The molecule has 1 atom stereocenters. The zero-order valence-corrected chi connectivity index (χ0v) is 9.64. The average Bonchev–Trinajstić information content (AvgIpc) is 2.99. The number of hydrogen-bond donors (Lipinski definition) is 1. The summed E-state index contributed by atoms with van der Waals surface area (Å²) in [6, 6.07) is 5.38. The molecular weight excluding hydrogens is 182 g/mol. The van der Waals surface area contributed by atoms with E-state index in [9.17, 15) is 0 Å². The zero-order valence-electron chi connectivity index (χ0n) is 9.64. The number of anilines is 1. The van der Waals surface area contributed by atoms with Crippen LogP contribution in [0.5, 0.6) is 0 Å². The summed E-state index contributed by atoms with van der Waals surface area (Å²) < 4.78 is 0. The second kappa shape index (κ2) is 3.26. The van der Waals surface area contributed by atoms with E-state index in [1.807, 2.05) is 0 Å². The first-order valence-electron chi connectivity index (χ1n) is 6.11. The lowest BCUT2D eigenvalue weighted by Gasteiger charge is -2.28. The number of hydrogen-bond acceptors (Lipinski definition) is 1. The molecule has 15 heavy (non-hydrogen) atoms. The molecule has 1 aromatic rings. The third kappa shape index (κ3) is 1.64. The summed E-state index contributed by atoms with van der Waals surface area (Å²) in [5, 5.41) is 3.74. The Morgan fingerprint density at radius 2 is 1.93 bits per heavy atom. The molecule has 0 radical (unpaired) electrons. The first-order valence-corrected chi connectivity index (χ1v) is 6.11. The zero-order chi connectivity index (χ0) is 10.4. The fraction of sp³-hybridized carbons (Fsp3) is 0.571. The predicted molar refractivity (Wildman–Crippen MR) is 64.4 cm³/mol. The van der Waals surface area contributed by atoms with Gasteiger partial charge in [0.15, 0.2) is 0 Å². The van der Waals surface area contributed by atoms with Gasteiger partial charge in [-0.25, -0.2) is 0 Å². The Labute approximate surface area is 91.9 Å². The molecule has 80 valence electrons. The Kier molecular flexibility index (Phi) is 2.01. The fourth-order valence-corrected chi connectivity index (χ4v) is 2.88. The molecule has 0 spiro atoms. The van der Waals surface area contributed by atoms with Crippen LogP contribution in [-0.4, -0.2) is 6.04 Å². The van der Waals surface area contributed by atoms with Gasteiger partial charge in [-0.05, 0) is 68.2 Å². The van der Waals surface area contributed by atoms with Crippen LogP contribution in [-0.2, 0) is 6.42 Å². The molecule has 1 aliphatic heterocycles. The molecule has 2 aliphatic rings. The SMILES string of the molecule is Cc1cc(C)c2c(c1)NC(C1CC1)CC2. The van der Waals surface area contributed by atoms with Crippen LogP contribution in [0.25, 0.3) is 0 Å². The minimum Gasteiger partial charge on any atom is -0.382 e. The van der Waals surface area contributed by atoms with Crippen LogP contribution in [0.15, 0.2) is 12.1 Å². The lowest BCUT2D eigenvalue weighted by atomic mass is 9.91. The maximum atomic E-state index is 3.74. The number of nitrogens with one attached hydrogen (secondary N) is 1. The molecule has 0 amide bonds. The first-order chi connectivity index (χ1) is 7.24. The average molecular weight is 201 g/mol. The van der Waals surface area contributed by atoms with Gasteiger partial charge in [-0.2, -0.15) is 0 Å². The van der Waals surface area contributed by atoms with Crippen LogP contribution >= 0.6 is 0 Å². The van der Waals surface area contributed by atoms with E-state index in [2.05, 4.69) is 31.3 Å². The van der Waals surface area contributed by atoms with Crippen LogP contribution in [0.2, 0.25) is 0 Å². The van der Waals surface area contributed by atoms with Crippen molar-refractivity contribution in [1.29, 1.82) is 0 Å². The van der Waals surface area contributed by atoms with Crippen molar-refractivity contribution in [2.75, 3.05) is 5.32 Å². The molecule has 3 rings (SSSR count). The van der Waals surface area contributed by atoms with Gasteiger partial charge >= 0.3 is 0 Å². The Hall–Kier alpha value is -0.980. The topological polar surface area (TPSA) is 12.0 Å². The first kappa shape index (κ1) is 9.26. The van der Waals surface area contributed by atoms with E-state index in [1.54, 1.807) is 5.56 Å². The Morgan fingerprint density at radius 1 is 1.13 bits per heavy atom. The van der Waals surface area contributed by atoms with E-state index in [-0.39, 0.29) is 0 Å². The quantitative estimate of drug-likeness (QED) is 0.734. The van der Waals surface area contributed by atoms with Crippen molar-refractivity contribution in [2.45, 2.75) is 45.6 Å². The molecule has 0 aromatic heterocycles. The largest absolute Gasteiger partial charge is 0.382 e. The molecule has 1 unspecified atom stereocenters.